The van der Waals surface area contributed by atoms with E-state index < -0.39 is 0 Å². The largest absolute Gasteiger partial charge is 0.339 e. The van der Waals surface area contributed by atoms with Gasteiger partial charge in [0.1, 0.15) is 5.15 Å². The van der Waals surface area contributed by atoms with Crippen LogP contribution in [0.25, 0.3) is 0 Å². The predicted octanol–water partition coefficient (Wildman–Crippen LogP) is 1.13. The molecule has 2 aliphatic heterocycles. The van der Waals surface area contributed by atoms with Gasteiger partial charge in [-0.15, -0.1) is 0 Å². The Morgan fingerprint density at radius 1 is 1.38 bits per heavy atom. The van der Waals surface area contributed by atoms with Crippen molar-refractivity contribution in [2.75, 3.05) is 32.7 Å². The SMILES string of the molecule is O=C(C1CCCN1Cc1ccnc(Cl)c1)N1CCNCC1. The first-order valence-electron chi connectivity index (χ1n) is 7.58. The van der Waals surface area contributed by atoms with Crippen LogP contribution >= 0.6 is 11.6 Å². The molecule has 1 N–H and O–H groups in total. The van der Waals surface area contributed by atoms with E-state index in [4.69, 9.17) is 11.6 Å². The highest BCUT2D eigenvalue weighted by molar-refractivity contribution is 6.29. The lowest BCUT2D eigenvalue weighted by atomic mass is 10.1. The van der Waals surface area contributed by atoms with E-state index in [1.807, 2.05) is 17.0 Å². The van der Waals surface area contributed by atoms with Crippen LogP contribution in [0.15, 0.2) is 18.3 Å². The number of aromatic nitrogens is 1. The second-order valence-electron chi connectivity index (χ2n) is 5.69. The Morgan fingerprint density at radius 2 is 2.19 bits per heavy atom. The zero-order valence-electron chi connectivity index (χ0n) is 12.1. The molecule has 0 aromatic carbocycles. The zero-order chi connectivity index (χ0) is 14.7. The number of nitrogens with one attached hydrogen (secondary N) is 1. The van der Waals surface area contributed by atoms with E-state index in [1.54, 1.807) is 6.20 Å². The summed E-state index contributed by atoms with van der Waals surface area (Å²) in [6, 6.07) is 3.87. The van der Waals surface area contributed by atoms with Crippen LogP contribution < -0.4 is 5.32 Å². The molecule has 0 aliphatic carbocycles. The third-order valence-corrected chi connectivity index (χ3v) is 4.46. The molecule has 5 nitrogen and oxygen atoms in total. The third-order valence-electron chi connectivity index (χ3n) is 4.25. The fraction of sp³-hybridized carbons (Fsp3) is 0.600. The van der Waals surface area contributed by atoms with E-state index in [0.717, 1.165) is 57.7 Å². The number of hydrogen-bond acceptors (Lipinski definition) is 4. The van der Waals surface area contributed by atoms with Gasteiger partial charge in [-0.1, -0.05) is 11.6 Å². The molecule has 1 amide bonds. The van der Waals surface area contributed by atoms with Gasteiger partial charge in [-0.25, -0.2) is 4.98 Å². The molecule has 1 aromatic heterocycles. The van der Waals surface area contributed by atoms with Crippen molar-refractivity contribution in [2.24, 2.45) is 0 Å². The van der Waals surface area contributed by atoms with E-state index in [2.05, 4.69) is 15.2 Å². The standard InChI is InChI=1S/C15H21ClN4O/c16-14-10-12(3-4-18-14)11-20-7-1-2-13(20)15(21)19-8-5-17-6-9-19/h3-4,10,13,17H,1-2,5-9,11H2. The molecule has 1 unspecified atom stereocenters. The second kappa shape index (κ2) is 6.73. The van der Waals surface area contributed by atoms with Crippen molar-refractivity contribution in [3.63, 3.8) is 0 Å². The van der Waals surface area contributed by atoms with Gasteiger partial charge in [-0.05, 0) is 37.1 Å². The average Bonchev–Trinajstić information content (AvgIpc) is 2.95. The van der Waals surface area contributed by atoms with Crippen LogP contribution in [0.4, 0.5) is 0 Å². The molecule has 114 valence electrons. The van der Waals surface area contributed by atoms with E-state index >= 15 is 0 Å². The minimum absolute atomic E-state index is 0.0232. The first-order chi connectivity index (χ1) is 10.2. The molecule has 3 rings (SSSR count). The smallest absolute Gasteiger partial charge is 0.240 e. The lowest BCUT2D eigenvalue weighted by molar-refractivity contribution is -0.136. The first-order valence-corrected chi connectivity index (χ1v) is 7.96. The van der Waals surface area contributed by atoms with Gasteiger partial charge in [0.05, 0.1) is 6.04 Å². The summed E-state index contributed by atoms with van der Waals surface area (Å²) in [4.78, 5) is 21.0. The number of carbonyl (C=O) groups excluding carboxylic acids is 1. The summed E-state index contributed by atoms with van der Waals surface area (Å²) in [5.74, 6) is 0.286. The molecule has 2 saturated heterocycles. The summed E-state index contributed by atoms with van der Waals surface area (Å²) >= 11 is 5.94. The maximum Gasteiger partial charge on any atom is 0.240 e. The van der Waals surface area contributed by atoms with Crippen LogP contribution in [-0.2, 0) is 11.3 Å². The highest BCUT2D eigenvalue weighted by Crippen LogP contribution is 2.22. The van der Waals surface area contributed by atoms with Crippen LogP contribution in [0, 0.1) is 0 Å². The van der Waals surface area contributed by atoms with Crippen molar-refractivity contribution in [1.82, 2.24) is 20.1 Å². The zero-order valence-corrected chi connectivity index (χ0v) is 12.9. The van der Waals surface area contributed by atoms with Gasteiger partial charge in [0.25, 0.3) is 0 Å². The highest BCUT2D eigenvalue weighted by atomic mass is 35.5. The number of amides is 1. The maximum atomic E-state index is 12.7. The average molecular weight is 309 g/mol. The van der Waals surface area contributed by atoms with Crippen molar-refractivity contribution in [2.45, 2.75) is 25.4 Å². The normalized spacial score (nSPS) is 23.5. The first kappa shape index (κ1) is 14.8. The molecule has 0 radical (unpaired) electrons. The Balaban J connectivity index is 1.66. The molecule has 1 atom stereocenters. The number of halogens is 1. The minimum atomic E-state index is 0.0232. The molecule has 0 spiro atoms. The molecule has 3 heterocycles. The van der Waals surface area contributed by atoms with Crippen LogP contribution in [-0.4, -0.2) is 59.5 Å². The molecule has 2 aliphatic rings. The van der Waals surface area contributed by atoms with Crippen LogP contribution in [0.2, 0.25) is 5.15 Å². The summed E-state index contributed by atoms with van der Waals surface area (Å²) in [7, 11) is 0. The quantitative estimate of drug-likeness (QED) is 0.851. The molecular formula is C15H21ClN4O. The second-order valence-corrected chi connectivity index (χ2v) is 6.08. The van der Waals surface area contributed by atoms with Crippen LogP contribution in [0.5, 0.6) is 0 Å². The van der Waals surface area contributed by atoms with Gasteiger partial charge in [-0.2, -0.15) is 0 Å². The third kappa shape index (κ3) is 3.54. The molecular weight excluding hydrogens is 288 g/mol. The van der Waals surface area contributed by atoms with Crippen molar-refractivity contribution < 1.29 is 4.79 Å². The number of rotatable bonds is 3. The summed E-state index contributed by atoms with van der Waals surface area (Å²) < 4.78 is 0. The summed E-state index contributed by atoms with van der Waals surface area (Å²) in [5.41, 5.74) is 1.12. The van der Waals surface area contributed by atoms with E-state index in [0.29, 0.717) is 5.15 Å². The summed E-state index contributed by atoms with van der Waals surface area (Å²) in [6.45, 7) is 5.19. The number of piperazine rings is 1. The Hall–Kier alpha value is -1.17. The van der Waals surface area contributed by atoms with Crippen molar-refractivity contribution in [1.29, 1.82) is 0 Å². The van der Waals surface area contributed by atoms with Crippen molar-refractivity contribution in [3.05, 3.63) is 29.0 Å². The highest BCUT2D eigenvalue weighted by Gasteiger charge is 2.33. The number of pyridine rings is 1. The lowest BCUT2D eigenvalue weighted by Gasteiger charge is -2.33. The van der Waals surface area contributed by atoms with Crippen molar-refractivity contribution >= 4 is 17.5 Å². The van der Waals surface area contributed by atoms with Crippen LogP contribution in [0.1, 0.15) is 18.4 Å². The molecule has 2 fully saturated rings. The van der Waals surface area contributed by atoms with E-state index in [1.165, 1.54) is 0 Å². The Bertz CT molecular complexity index is 504. The van der Waals surface area contributed by atoms with Crippen molar-refractivity contribution in [3.8, 4) is 0 Å². The topological polar surface area (TPSA) is 48.5 Å². The monoisotopic (exact) mass is 308 g/mol. The Kier molecular flexibility index (Phi) is 4.73. The Labute approximate surface area is 130 Å². The predicted molar refractivity (Wildman–Crippen MR) is 82.1 cm³/mol. The van der Waals surface area contributed by atoms with Gasteiger partial charge in [0.2, 0.25) is 5.91 Å². The number of hydrogen-bond donors (Lipinski definition) is 1. The fourth-order valence-electron chi connectivity index (χ4n) is 3.17. The van der Waals surface area contributed by atoms with Gasteiger partial charge >= 0.3 is 0 Å². The minimum Gasteiger partial charge on any atom is -0.339 e. The molecule has 0 bridgehead atoms. The van der Waals surface area contributed by atoms with E-state index in [9.17, 15) is 4.79 Å². The lowest BCUT2D eigenvalue weighted by Crippen LogP contribution is -2.52. The van der Waals surface area contributed by atoms with Gasteiger partial charge in [-0.3, -0.25) is 9.69 Å². The summed E-state index contributed by atoms with van der Waals surface area (Å²) in [5, 5.41) is 3.80. The fourth-order valence-corrected chi connectivity index (χ4v) is 3.36. The number of nitrogens with zero attached hydrogens (tertiary/aromatic N) is 3. The van der Waals surface area contributed by atoms with Crippen LogP contribution in [0.3, 0.4) is 0 Å². The van der Waals surface area contributed by atoms with Gasteiger partial charge in [0.15, 0.2) is 0 Å². The van der Waals surface area contributed by atoms with E-state index in [-0.39, 0.29) is 11.9 Å². The molecule has 1 aromatic rings. The molecule has 0 saturated carbocycles. The van der Waals surface area contributed by atoms with Gasteiger partial charge in [0, 0.05) is 38.9 Å². The van der Waals surface area contributed by atoms with Gasteiger partial charge < -0.3 is 10.2 Å². The maximum absolute atomic E-state index is 12.7. The Morgan fingerprint density at radius 3 is 2.95 bits per heavy atom. The summed E-state index contributed by atoms with van der Waals surface area (Å²) in [6.07, 6.45) is 3.77. The number of likely N-dealkylation sites (tertiary alicyclic amines) is 1. The number of carbonyl (C=O) groups is 1. The molecule has 6 heteroatoms. The molecule has 21 heavy (non-hydrogen) atoms.